The summed E-state index contributed by atoms with van der Waals surface area (Å²) in [5.74, 6) is -1.55. The minimum Gasteiger partial charge on any atom is -0.481 e. The zero-order valence-corrected chi connectivity index (χ0v) is 8.74. The van der Waals surface area contributed by atoms with Gasteiger partial charge >= 0.3 is 11.9 Å². The molecule has 1 aliphatic rings. The van der Waals surface area contributed by atoms with Gasteiger partial charge in [0.25, 0.3) is 0 Å². The van der Waals surface area contributed by atoms with Crippen molar-refractivity contribution in [1.82, 2.24) is 0 Å². The molecule has 1 N–H and O–H groups in total. The number of carboxylic acid groups (broad SMARTS) is 1. The zero-order valence-electron chi connectivity index (χ0n) is 8.74. The standard InChI is InChI=1S/C10H16O4/c1-4-14-9(13)10(2,3)7-5-6(7)8(11)12/h6-7H,4-5H2,1-3H3,(H,11,12). The quantitative estimate of drug-likeness (QED) is 0.695. The molecule has 4 heteroatoms. The highest BCUT2D eigenvalue weighted by Gasteiger charge is 2.55. The van der Waals surface area contributed by atoms with Crippen LogP contribution in [-0.4, -0.2) is 23.7 Å². The van der Waals surface area contributed by atoms with Gasteiger partial charge in [-0.1, -0.05) is 0 Å². The lowest BCUT2D eigenvalue weighted by Gasteiger charge is -2.21. The van der Waals surface area contributed by atoms with Crippen molar-refractivity contribution >= 4 is 11.9 Å². The van der Waals surface area contributed by atoms with Crippen molar-refractivity contribution in [2.75, 3.05) is 6.61 Å². The second kappa shape index (κ2) is 3.59. The molecule has 0 aromatic carbocycles. The minimum absolute atomic E-state index is 0.0703. The predicted octanol–water partition coefficient (Wildman–Crippen LogP) is 1.30. The maximum absolute atomic E-state index is 11.5. The average Bonchev–Trinajstić information content (AvgIpc) is 2.83. The molecule has 0 amide bonds. The van der Waals surface area contributed by atoms with E-state index in [0.29, 0.717) is 13.0 Å². The molecule has 1 rings (SSSR count). The van der Waals surface area contributed by atoms with Crippen LogP contribution < -0.4 is 0 Å². The van der Waals surface area contributed by atoms with Gasteiger partial charge in [0.1, 0.15) is 0 Å². The summed E-state index contributed by atoms with van der Waals surface area (Å²) in [5, 5.41) is 8.75. The SMILES string of the molecule is CCOC(=O)C(C)(C)C1CC1C(=O)O. The van der Waals surface area contributed by atoms with Crippen LogP contribution >= 0.6 is 0 Å². The van der Waals surface area contributed by atoms with Crippen LogP contribution in [0.15, 0.2) is 0 Å². The molecular formula is C10H16O4. The Morgan fingerprint density at radius 1 is 1.50 bits per heavy atom. The minimum atomic E-state index is -0.813. The van der Waals surface area contributed by atoms with Gasteiger partial charge in [-0.15, -0.1) is 0 Å². The highest BCUT2D eigenvalue weighted by molar-refractivity contribution is 5.81. The van der Waals surface area contributed by atoms with Crippen LogP contribution in [0.4, 0.5) is 0 Å². The zero-order chi connectivity index (χ0) is 10.9. The van der Waals surface area contributed by atoms with Crippen molar-refractivity contribution in [2.24, 2.45) is 17.3 Å². The van der Waals surface area contributed by atoms with Crippen molar-refractivity contribution in [2.45, 2.75) is 27.2 Å². The highest BCUT2D eigenvalue weighted by atomic mass is 16.5. The summed E-state index contributed by atoms with van der Waals surface area (Å²) in [6, 6.07) is 0. The van der Waals surface area contributed by atoms with Crippen LogP contribution in [0, 0.1) is 17.3 Å². The molecule has 1 aliphatic carbocycles. The molecule has 0 aromatic rings. The summed E-state index contributed by atoms with van der Waals surface area (Å²) in [4.78, 5) is 22.1. The Kier molecular flexibility index (Phi) is 2.83. The number of ether oxygens (including phenoxy) is 1. The van der Waals surface area contributed by atoms with E-state index in [1.807, 2.05) is 0 Å². The van der Waals surface area contributed by atoms with Crippen molar-refractivity contribution in [3.8, 4) is 0 Å². The monoisotopic (exact) mass is 200 g/mol. The molecule has 4 nitrogen and oxygen atoms in total. The molecule has 14 heavy (non-hydrogen) atoms. The number of esters is 1. The Labute approximate surface area is 83.2 Å². The van der Waals surface area contributed by atoms with Gasteiger partial charge in [0.2, 0.25) is 0 Å². The van der Waals surface area contributed by atoms with Crippen LogP contribution in [0.1, 0.15) is 27.2 Å². The van der Waals surface area contributed by atoms with Crippen LogP contribution in [0.25, 0.3) is 0 Å². The smallest absolute Gasteiger partial charge is 0.311 e. The summed E-state index contributed by atoms with van der Waals surface area (Å²) in [5.41, 5.74) is -0.668. The molecule has 2 unspecified atom stereocenters. The normalized spacial score (nSPS) is 25.6. The van der Waals surface area contributed by atoms with Crippen LogP contribution in [0.3, 0.4) is 0 Å². The molecule has 0 radical (unpaired) electrons. The van der Waals surface area contributed by atoms with Gasteiger partial charge in [0.05, 0.1) is 17.9 Å². The van der Waals surface area contributed by atoms with E-state index in [1.54, 1.807) is 20.8 Å². The Bertz CT molecular complexity index is 257. The summed E-state index contributed by atoms with van der Waals surface area (Å²) in [7, 11) is 0. The van der Waals surface area contributed by atoms with Crippen molar-refractivity contribution < 1.29 is 19.4 Å². The van der Waals surface area contributed by atoms with E-state index in [-0.39, 0.29) is 17.8 Å². The number of carboxylic acids is 1. The first-order valence-corrected chi connectivity index (χ1v) is 4.81. The van der Waals surface area contributed by atoms with Gasteiger partial charge in [0, 0.05) is 0 Å². The van der Waals surface area contributed by atoms with E-state index in [1.165, 1.54) is 0 Å². The lowest BCUT2D eigenvalue weighted by molar-refractivity contribution is -0.155. The lowest BCUT2D eigenvalue weighted by Crippen LogP contribution is -2.30. The van der Waals surface area contributed by atoms with Gasteiger partial charge in [-0.3, -0.25) is 9.59 Å². The average molecular weight is 200 g/mol. The van der Waals surface area contributed by atoms with Crippen LogP contribution in [-0.2, 0) is 14.3 Å². The van der Waals surface area contributed by atoms with E-state index in [9.17, 15) is 9.59 Å². The third-order valence-electron chi connectivity index (χ3n) is 2.84. The molecular weight excluding hydrogens is 184 g/mol. The van der Waals surface area contributed by atoms with Crippen LogP contribution in [0.2, 0.25) is 0 Å². The first-order chi connectivity index (χ1) is 6.41. The molecule has 80 valence electrons. The fourth-order valence-electron chi connectivity index (χ4n) is 1.73. The first kappa shape index (κ1) is 11.0. The van der Waals surface area contributed by atoms with E-state index < -0.39 is 11.4 Å². The molecule has 2 atom stereocenters. The molecule has 0 aromatic heterocycles. The topological polar surface area (TPSA) is 63.6 Å². The van der Waals surface area contributed by atoms with E-state index in [0.717, 1.165) is 0 Å². The van der Waals surface area contributed by atoms with Crippen molar-refractivity contribution in [1.29, 1.82) is 0 Å². The van der Waals surface area contributed by atoms with Gasteiger partial charge in [-0.05, 0) is 33.1 Å². The first-order valence-electron chi connectivity index (χ1n) is 4.81. The Hall–Kier alpha value is -1.06. The third-order valence-corrected chi connectivity index (χ3v) is 2.84. The largest absolute Gasteiger partial charge is 0.481 e. The van der Waals surface area contributed by atoms with Crippen LogP contribution in [0.5, 0.6) is 0 Å². The number of hydrogen-bond acceptors (Lipinski definition) is 3. The van der Waals surface area contributed by atoms with Crippen molar-refractivity contribution in [3.05, 3.63) is 0 Å². The molecule has 0 saturated heterocycles. The molecule has 0 aliphatic heterocycles. The summed E-state index contributed by atoms with van der Waals surface area (Å²) in [6.45, 7) is 5.58. The number of rotatable bonds is 4. The summed E-state index contributed by atoms with van der Waals surface area (Å²) < 4.78 is 4.90. The highest BCUT2D eigenvalue weighted by Crippen LogP contribution is 2.51. The predicted molar refractivity (Wildman–Crippen MR) is 49.6 cm³/mol. The van der Waals surface area contributed by atoms with E-state index >= 15 is 0 Å². The van der Waals surface area contributed by atoms with Crippen molar-refractivity contribution in [3.63, 3.8) is 0 Å². The van der Waals surface area contributed by atoms with E-state index in [4.69, 9.17) is 9.84 Å². The number of aliphatic carboxylic acids is 1. The number of carbonyl (C=O) groups is 2. The Morgan fingerprint density at radius 2 is 2.07 bits per heavy atom. The fourth-order valence-corrected chi connectivity index (χ4v) is 1.73. The number of hydrogen-bond donors (Lipinski definition) is 1. The summed E-state index contributed by atoms with van der Waals surface area (Å²) in [6.07, 6.45) is 0.584. The molecule has 0 heterocycles. The maximum Gasteiger partial charge on any atom is 0.311 e. The second-order valence-electron chi connectivity index (χ2n) is 4.23. The van der Waals surface area contributed by atoms with Gasteiger partial charge in [0.15, 0.2) is 0 Å². The molecule has 1 saturated carbocycles. The molecule has 0 spiro atoms. The van der Waals surface area contributed by atoms with Gasteiger partial charge in [-0.25, -0.2) is 0 Å². The fraction of sp³-hybridized carbons (Fsp3) is 0.800. The van der Waals surface area contributed by atoms with Gasteiger partial charge in [-0.2, -0.15) is 0 Å². The third kappa shape index (κ3) is 1.89. The van der Waals surface area contributed by atoms with E-state index in [2.05, 4.69) is 0 Å². The summed E-state index contributed by atoms with van der Waals surface area (Å²) >= 11 is 0. The lowest BCUT2D eigenvalue weighted by atomic mass is 9.86. The Balaban J connectivity index is 2.59. The number of carbonyl (C=O) groups excluding carboxylic acids is 1. The second-order valence-corrected chi connectivity index (χ2v) is 4.23. The molecule has 0 bridgehead atoms. The Morgan fingerprint density at radius 3 is 2.43 bits per heavy atom. The maximum atomic E-state index is 11.5. The molecule has 1 fully saturated rings. The van der Waals surface area contributed by atoms with Gasteiger partial charge < -0.3 is 9.84 Å².